The van der Waals surface area contributed by atoms with Gasteiger partial charge in [0.25, 0.3) is 0 Å². The predicted molar refractivity (Wildman–Crippen MR) is 90.4 cm³/mol. The van der Waals surface area contributed by atoms with Crippen LogP contribution in [0.15, 0.2) is 24.3 Å². The number of aryl methyl sites for hydroxylation is 1. The van der Waals surface area contributed by atoms with Gasteiger partial charge in [-0.05, 0) is 44.6 Å². The molecule has 0 aliphatic rings. The minimum Gasteiger partial charge on any atom is -0.461 e. The van der Waals surface area contributed by atoms with Gasteiger partial charge in [0.2, 0.25) is 0 Å². The van der Waals surface area contributed by atoms with Crippen molar-refractivity contribution in [1.82, 2.24) is 4.90 Å². The molecule has 0 heterocycles. The molecule has 4 heteroatoms. The molecule has 0 unspecified atom stereocenters. The van der Waals surface area contributed by atoms with Gasteiger partial charge in [0.1, 0.15) is 6.61 Å². The number of carbonyl (C=O) groups is 1. The average molecular weight is 314 g/mol. The number of halogens is 1. The van der Waals surface area contributed by atoms with Gasteiger partial charge in [0, 0.05) is 6.54 Å². The molecular weight excluding hydrogens is 286 g/mol. The molecule has 1 aromatic rings. The van der Waals surface area contributed by atoms with Crippen LogP contribution in [0.2, 0.25) is 0 Å². The Morgan fingerprint density at radius 1 is 1.10 bits per heavy atom. The van der Waals surface area contributed by atoms with Crippen LogP contribution in [-0.4, -0.2) is 38.1 Å². The smallest absolute Gasteiger partial charge is 0.338 e. The summed E-state index contributed by atoms with van der Waals surface area (Å²) in [6, 6.07) is 7.81. The normalized spacial score (nSPS) is 10.3. The zero-order chi connectivity index (χ0) is 14.8. The number of nitrogens with zero attached hydrogens (tertiary/aromatic N) is 1. The van der Waals surface area contributed by atoms with Crippen molar-refractivity contribution in [2.24, 2.45) is 0 Å². The fourth-order valence-corrected chi connectivity index (χ4v) is 1.97. The third-order valence-electron chi connectivity index (χ3n) is 3.28. The van der Waals surface area contributed by atoms with Gasteiger partial charge in [-0.15, -0.1) is 12.4 Å². The zero-order valence-corrected chi connectivity index (χ0v) is 14.2. The first-order valence-corrected chi connectivity index (χ1v) is 7.54. The quantitative estimate of drug-likeness (QED) is 0.510. The largest absolute Gasteiger partial charge is 0.461 e. The molecule has 0 spiro atoms. The van der Waals surface area contributed by atoms with Crippen LogP contribution >= 0.6 is 12.4 Å². The highest BCUT2D eigenvalue weighted by Gasteiger charge is 2.06. The van der Waals surface area contributed by atoms with E-state index in [9.17, 15) is 4.79 Å². The van der Waals surface area contributed by atoms with E-state index in [-0.39, 0.29) is 18.4 Å². The van der Waals surface area contributed by atoms with Crippen molar-refractivity contribution in [3.8, 4) is 0 Å². The van der Waals surface area contributed by atoms with E-state index in [0.717, 1.165) is 13.0 Å². The van der Waals surface area contributed by atoms with Crippen molar-refractivity contribution in [3.63, 3.8) is 0 Å². The van der Waals surface area contributed by atoms with E-state index in [1.54, 1.807) is 0 Å². The lowest BCUT2D eigenvalue weighted by molar-refractivity contribution is 0.0482. The summed E-state index contributed by atoms with van der Waals surface area (Å²) >= 11 is 0. The minimum atomic E-state index is -0.232. The average Bonchev–Trinajstić information content (AvgIpc) is 2.44. The van der Waals surface area contributed by atoms with Gasteiger partial charge in [-0.3, -0.25) is 0 Å². The summed E-state index contributed by atoms with van der Waals surface area (Å²) < 4.78 is 5.21. The standard InChI is InChI=1S/C17H27NO2.ClH/c1-4-5-6-7-8-15-9-11-16(12-10-15)17(19)20-14-13-18(2)3;/h9-12H,4-8,13-14H2,1-3H3;1H. The Morgan fingerprint density at radius 3 is 2.33 bits per heavy atom. The van der Waals surface area contributed by atoms with Gasteiger partial charge >= 0.3 is 5.97 Å². The minimum absolute atomic E-state index is 0. The number of benzene rings is 1. The second-order valence-electron chi connectivity index (χ2n) is 5.45. The number of ether oxygens (including phenoxy) is 1. The third kappa shape index (κ3) is 8.74. The van der Waals surface area contributed by atoms with Crippen molar-refractivity contribution in [3.05, 3.63) is 35.4 Å². The summed E-state index contributed by atoms with van der Waals surface area (Å²) in [5.41, 5.74) is 1.94. The summed E-state index contributed by atoms with van der Waals surface area (Å²) in [6.45, 7) is 3.41. The molecule has 3 nitrogen and oxygen atoms in total. The molecule has 0 atom stereocenters. The highest BCUT2D eigenvalue weighted by atomic mass is 35.5. The van der Waals surface area contributed by atoms with Gasteiger partial charge in [0.05, 0.1) is 5.56 Å². The fourth-order valence-electron chi connectivity index (χ4n) is 1.97. The summed E-state index contributed by atoms with van der Waals surface area (Å²) in [4.78, 5) is 13.8. The van der Waals surface area contributed by atoms with Crippen molar-refractivity contribution < 1.29 is 9.53 Å². The van der Waals surface area contributed by atoms with E-state index < -0.39 is 0 Å². The fraction of sp³-hybridized carbons (Fsp3) is 0.588. The molecule has 21 heavy (non-hydrogen) atoms. The van der Waals surface area contributed by atoms with Crippen LogP contribution in [0.1, 0.15) is 48.5 Å². The molecule has 0 fully saturated rings. The van der Waals surface area contributed by atoms with Crippen LogP contribution in [0, 0.1) is 0 Å². The molecule has 0 bridgehead atoms. The lowest BCUT2D eigenvalue weighted by atomic mass is 10.0. The first-order chi connectivity index (χ1) is 9.63. The molecule has 0 saturated carbocycles. The molecule has 0 aliphatic carbocycles. The van der Waals surface area contributed by atoms with Gasteiger partial charge < -0.3 is 9.64 Å². The Morgan fingerprint density at radius 2 is 1.76 bits per heavy atom. The lowest BCUT2D eigenvalue weighted by Gasteiger charge is -2.10. The van der Waals surface area contributed by atoms with Crippen LogP contribution in [0.4, 0.5) is 0 Å². The van der Waals surface area contributed by atoms with Crippen molar-refractivity contribution in [2.45, 2.75) is 39.0 Å². The third-order valence-corrected chi connectivity index (χ3v) is 3.28. The maximum Gasteiger partial charge on any atom is 0.338 e. The van der Waals surface area contributed by atoms with E-state index in [2.05, 4.69) is 6.92 Å². The molecule has 0 amide bonds. The summed E-state index contributed by atoms with van der Waals surface area (Å²) in [5, 5.41) is 0. The number of unbranched alkanes of at least 4 members (excludes halogenated alkanes) is 3. The van der Waals surface area contributed by atoms with E-state index in [1.165, 1.54) is 31.2 Å². The van der Waals surface area contributed by atoms with E-state index >= 15 is 0 Å². The highest BCUT2D eigenvalue weighted by Crippen LogP contribution is 2.10. The number of carbonyl (C=O) groups excluding carboxylic acids is 1. The van der Waals surface area contributed by atoms with E-state index in [4.69, 9.17) is 4.74 Å². The topological polar surface area (TPSA) is 29.5 Å². The van der Waals surface area contributed by atoms with Gasteiger partial charge in [-0.2, -0.15) is 0 Å². The predicted octanol–water partition coefficient (Wildman–Crippen LogP) is 3.95. The molecule has 0 aromatic heterocycles. The van der Waals surface area contributed by atoms with Gasteiger partial charge in [-0.1, -0.05) is 38.3 Å². The lowest BCUT2D eigenvalue weighted by Crippen LogP contribution is -2.20. The highest BCUT2D eigenvalue weighted by molar-refractivity contribution is 5.89. The summed E-state index contributed by atoms with van der Waals surface area (Å²) in [6.07, 6.45) is 6.16. The zero-order valence-electron chi connectivity index (χ0n) is 13.4. The van der Waals surface area contributed by atoms with Crippen LogP contribution in [0.5, 0.6) is 0 Å². The monoisotopic (exact) mass is 313 g/mol. The van der Waals surface area contributed by atoms with E-state index in [1.807, 2.05) is 43.3 Å². The van der Waals surface area contributed by atoms with E-state index in [0.29, 0.717) is 12.2 Å². The SMILES string of the molecule is CCCCCCc1ccc(C(=O)OCCN(C)C)cc1.Cl. The Balaban J connectivity index is 0.00000400. The Labute approximate surface area is 135 Å². The molecule has 0 aliphatic heterocycles. The van der Waals surface area contributed by atoms with Crippen LogP contribution in [-0.2, 0) is 11.2 Å². The Hall–Kier alpha value is -1.06. The molecule has 0 saturated heterocycles. The Bertz CT molecular complexity index is 390. The number of esters is 1. The molecule has 0 radical (unpaired) electrons. The molecular formula is C17H28ClNO2. The number of likely N-dealkylation sites (N-methyl/N-ethyl adjacent to an activating group) is 1. The summed E-state index contributed by atoms with van der Waals surface area (Å²) in [7, 11) is 3.92. The second kappa shape index (κ2) is 11.6. The van der Waals surface area contributed by atoms with Crippen LogP contribution in [0.3, 0.4) is 0 Å². The van der Waals surface area contributed by atoms with Crippen molar-refractivity contribution >= 4 is 18.4 Å². The second-order valence-corrected chi connectivity index (χ2v) is 5.45. The first kappa shape index (κ1) is 19.9. The van der Waals surface area contributed by atoms with Crippen LogP contribution < -0.4 is 0 Å². The van der Waals surface area contributed by atoms with Crippen LogP contribution in [0.25, 0.3) is 0 Å². The van der Waals surface area contributed by atoms with Crippen molar-refractivity contribution in [1.29, 1.82) is 0 Å². The van der Waals surface area contributed by atoms with Gasteiger partial charge in [-0.25, -0.2) is 4.79 Å². The molecule has 0 N–H and O–H groups in total. The van der Waals surface area contributed by atoms with Crippen molar-refractivity contribution in [2.75, 3.05) is 27.2 Å². The molecule has 1 rings (SSSR count). The van der Waals surface area contributed by atoms with Gasteiger partial charge in [0.15, 0.2) is 0 Å². The number of hydrogen-bond acceptors (Lipinski definition) is 3. The number of hydrogen-bond donors (Lipinski definition) is 0. The maximum absolute atomic E-state index is 11.8. The maximum atomic E-state index is 11.8. The molecule has 120 valence electrons. The molecule has 1 aromatic carbocycles. The summed E-state index contributed by atoms with van der Waals surface area (Å²) in [5.74, 6) is -0.232. The Kier molecular flexibility index (Phi) is 11.0. The number of rotatable bonds is 9. The first-order valence-electron chi connectivity index (χ1n) is 7.54.